The van der Waals surface area contributed by atoms with Crippen molar-refractivity contribution in [3.63, 3.8) is 0 Å². The maximum atomic E-state index is 9.36. The summed E-state index contributed by atoms with van der Waals surface area (Å²) >= 11 is 0. The lowest BCUT2D eigenvalue weighted by molar-refractivity contribution is 0.300. The van der Waals surface area contributed by atoms with Gasteiger partial charge in [-0.05, 0) is 56.4 Å². The van der Waals surface area contributed by atoms with Gasteiger partial charge in [0.05, 0.1) is 0 Å². The quantitative estimate of drug-likeness (QED) is 0.415. The van der Waals surface area contributed by atoms with Crippen molar-refractivity contribution in [1.82, 2.24) is 0 Å². The molecule has 0 saturated carbocycles. The van der Waals surface area contributed by atoms with Gasteiger partial charge in [-0.2, -0.15) is 0 Å². The minimum atomic E-state index is 0.181. The van der Waals surface area contributed by atoms with Gasteiger partial charge in [-0.25, -0.2) is 0 Å². The van der Waals surface area contributed by atoms with E-state index in [1.165, 1.54) is 37.9 Å². The zero-order chi connectivity index (χ0) is 14.2. The van der Waals surface area contributed by atoms with Crippen LogP contribution in [0.1, 0.15) is 5.56 Å². The van der Waals surface area contributed by atoms with E-state index in [0.29, 0.717) is 6.42 Å². The molecule has 4 aromatic carbocycles. The highest BCUT2D eigenvalue weighted by molar-refractivity contribution is 6.13. The Bertz CT molecular complexity index is 954. The maximum Gasteiger partial charge on any atom is 0.0471 e. The Morgan fingerprint density at radius 2 is 1.24 bits per heavy atom. The van der Waals surface area contributed by atoms with Gasteiger partial charge in [0.25, 0.3) is 0 Å². The summed E-state index contributed by atoms with van der Waals surface area (Å²) in [5, 5.41) is 16.9. The largest absolute Gasteiger partial charge is 0.396 e. The molecule has 1 nitrogen and oxygen atoms in total. The summed E-state index contributed by atoms with van der Waals surface area (Å²) in [5.74, 6) is 0. The monoisotopic (exact) mass is 272 g/mol. The molecule has 0 aliphatic rings. The van der Waals surface area contributed by atoms with Crippen LogP contribution in [0.5, 0.6) is 0 Å². The zero-order valence-electron chi connectivity index (χ0n) is 11.7. The van der Waals surface area contributed by atoms with Gasteiger partial charge in [0, 0.05) is 6.61 Å². The van der Waals surface area contributed by atoms with Gasteiger partial charge in [-0.1, -0.05) is 54.6 Å². The van der Waals surface area contributed by atoms with Gasteiger partial charge < -0.3 is 5.11 Å². The second kappa shape index (κ2) is 4.87. The second-order valence-corrected chi connectivity index (χ2v) is 5.48. The van der Waals surface area contributed by atoms with E-state index in [4.69, 9.17) is 0 Å². The van der Waals surface area contributed by atoms with Crippen molar-refractivity contribution in [2.45, 2.75) is 6.42 Å². The first-order valence-electron chi connectivity index (χ1n) is 7.31. The molecule has 4 rings (SSSR count). The lowest BCUT2D eigenvalue weighted by atomic mass is 9.93. The van der Waals surface area contributed by atoms with Gasteiger partial charge in [-0.3, -0.25) is 0 Å². The van der Waals surface area contributed by atoms with Crippen LogP contribution < -0.4 is 0 Å². The summed E-state index contributed by atoms with van der Waals surface area (Å²) in [6.45, 7) is 0.181. The Morgan fingerprint density at radius 1 is 0.619 bits per heavy atom. The molecule has 0 aliphatic heterocycles. The van der Waals surface area contributed by atoms with Crippen molar-refractivity contribution in [3.8, 4) is 0 Å². The Hall–Kier alpha value is -2.38. The molecule has 102 valence electrons. The molecule has 0 aromatic heterocycles. The summed E-state index contributed by atoms with van der Waals surface area (Å²) in [4.78, 5) is 0. The highest BCUT2D eigenvalue weighted by Crippen LogP contribution is 2.32. The van der Waals surface area contributed by atoms with Crippen molar-refractivity contribution in [3.05, 3.63) is 72.3 Å². The van der Waals surface area contributed by atoms with E-state index in [9.17, 15) is 5.11 Å². The van der Waals surface area contributed by atoms with Crippen molar-refractivity contribution < 1.29 is 5.11 Å². The van der Waals surface area contributed by atoms with E-state index in [2.05, 4.69) is 66.7 Å². The summed E-state index contributed by atoms with van der Waals surface area (Å²) in [6.07, 6.45) is 0.694. The van der Waals surface area contributed by atoms with Crippen LogP contribution in [-0.2, 0) is 6.42 Å². The highest BCUT2D eigenvalue weighted by atomic mass is 16.2. The Morgan fingerprint density at radius 3 is 1.95 bits per heavy atom. The Labute approximate surface area is 123 Å². The third kappa shape index (κ3) is 1.98. The van der Waals surface area contributed by atoms with Gasteiger partial charge in [-0.15, -0.1) is 0 Å². The van der Waals surface area contributed by atoms with Crippen LogP contribution in [0.4, 0.5) is 0 Å². The smallest absolute Gasteiger partial charge is 0.0471 e. The molecule has 1 heteroatoms. The molecule has 0 unspecified atom stereocenters. The molecule has 0 saturated heterocycles. The molecular weight excluding hydrogens is 256 g/mol. The van der Waals surface area contributed by atoms with Crippen LogP contribution in [0.3, 0.4) is 0 Å². The van der Waals surface area contributed by atoms with Crippen molar-refractivity contribution in [2.75, 3.05) is 6.61 Å². The first-order valence-corrected chi connectivity index (χ1v) is 7.31. The maximum absolute atomic E-state index is 9.36. The van der Waals surface area contributed by atoms with E-state index in [-0.39, 0.29) is 6.61 Å². The number of benzene rings is 4. The molecular formula is C20H16O. The van der Waals surface area contributed by atoms with Gasteiger partial charge >= 0.3 is 0 Å². The molecule has 1 N–H and O–H groups in total. The van der Waals surface area contributed by atoms with Crippen molar-refractivity contribution in [1.29, 1.82) is 0 Å². The zero-order valence-corrected chi connectivity index (χ0v) is 11.7. The van der Waals surface area contributed by atoms with E-state index < -0.39 is 0 Å². The highest BCUT2D eigenvalue weighted by Gasteiger charge is 2.07. The van der Waals surface area contributed by atoms with E-state index in [1.807, 2.05) is 0 Å². The molecule has 0 bridgehead atoms. The number of aliphatic hydroxyl groups is 1. The van der Waals surface area contributed by atoms with Crippen LogP contribution in [0.2, 0.25) is 0 Å². The molecule has 0 atom stereocenters. The minimum Gasteiger partial charge on any atom is -0.396 e. The van der Waals surface area contributed by atoms with Gasteiger partial charge in [0.15, 0.2) is 0 Å². The van der Waals surface area contributed by atoms with Crippen molar-refractivity contribution in [2.24, 2.45) is 0 Å². The molecule has 21 heavy (non-hydrogen) atoms. The number of aliphatic hydroxyl groups excluding tert-OH is 1. The predicted octanol–water partition coefficient (Wildman–Crippen LogP) is 4.68. The fraction of sp³-hybridized carbons (Fsp3) is 0.100. The molecule has 0 amide bonds. The fourth-order valence-electron chi connectivity index (χ4n) is 3.19. The predicted molar refractivity (Wildman–Crippen MR) is 89.7 cm³/mol. The van der Waals surface area contributed by atoms with Crippen LogP contribution in [0.15, 0.2) is 66.7 Å². The topological polar surface area (TPSA) is 20.2 Å². The average Bonchev–Trinajstić information content (AvgIpc) is 2.54. The second-order valence-electron chi connectivity index (χ2n) is 5.48. The van der Waals surface area contributed by atoms with Crippen LogP contribution in [0.25, 0.3) is 32.3 Å². The van der Waals surface area contributed by atoms with E-state index in [1.54, 1.807) is 0 Å². The van der Waals surface area contributed by atoms with Crippen molar-refractivity contribution >= 4 is 32.3 Å². The van der Waals surface area contributed by atoms with Crippen LogP contribution >= 0.6 is 0 Å². The van der Waals surface area contributed by atoms with Crippen LogP contribution in [-0.4, -0.2) is 11.7 Å². The first-order chi connectivity index (χ1) is 10.4. The van der Waals surface area contributed by atoms with E-state index >= 15 is 0 Å². The standard InChI is InChI=1S/C20H16O/c21-10-9-17-11-16-7-3-4-8-18(16)20-13-15-6-2-1-5-14(15)12-19(17)20/h1-8,11-13,21H,9-10H2. The van der Waals surface area contributed by atoms with Crippen LogP contribution in [0, 0.1) is 0 Å². The molecule has 0 fully saturated rings. The van der Waals surface area contributed by atoms with E-state index in [0.717, 1.165) is 0 Å². The number of fused-ring (bicyclic) bond motifs is 4. The summed E-state index contributed by atoms with van der Waals surface area (Å²) in [5.41, 5.74) is 1.22. The molecule has 0 radical (unpaired) electrons. The minimum absolute atomic E-state index is 0.181. The van der Waals surface area contributed by atoms with Gasteiger partial charge in [0.2, 0.25) is 0 Å². The number of rotatable bonds is 2. The summed E-state index contributed by atoms with van der Waals surface area (Å²) in [7, 11) is 0. The van der Waals surface area contributed by atoms with Gasteiger partial charge in [0.1, 0.15) is 0 Å². The molecule has 4 aromatic rings. The summed E-state index contributed by atoms with van der Waals surface area (Å²) in [6, 6.07) is 23.7. The lowest BCUT2D eigenvalue weighted by Gasteiger charge is -2.11. The molecule has 0 heterocycles. The average molecular weight is 272 g/mol. The first kappa shape index (κ1) is 12.4. The Balaban J connectivity index is 2.21. The number of hydrogen-bond donors (Lipinski definition) is 1. The molecule has 0 spiro atoms. The normalized spacial score (nSPS) is 11.5. The summed E-state index contributed by atoms with van der Waals surface area (Å²) < 4.78 is 0. The SMILES string of the molecule is OCCc1cc2ccccc2c2cc3ccccc3cc12. The Kier molecular flexibility index (Phi) is 2.87. The number of hydrogen-bond acceptors (Lipinski definition) is 1. The third-order valence-corrected chi connectivity index (χ3v) is 4.19. The fourth-order valence-corrected chi connectivity index (χ4v) is 3.19. The third-order valence-electron chi connectivity index (χ3n) is 4.19. The lowest BCUT2D eigenvalue weighted by Crippen LogP contribution is -1.93. The molecule has 0 aliphatic carbocycles.